The van der Waals surface area contributed by atoms with Crippen LogP contribution in [0, 0.1) is 10.1 Å². The number of nitrogens with zero attached hydrogens (tertiary/aromatic N) is 4. The van der Waals surface area contributed by atoms with Crippen molar-refractivity contribution in [3.63, 3.8) is 0 Å². The van der Waals surface area contributed by atoms with Crippen molar-refractivity contribution < 1.29 is 9.66 Å². The first-order valence-electron chi connectivity index (χ1n) is 8.10. The zero-order valence-electron chi connectivity index (χ0n) is 14.8. The smallest absolute Gasteiger partial charge is 0.270 e. The summed E-state index contributed by atoms with van der Waals surface area (Å²) in [4.78, 5) is 19.3. The molecule has 0 aliphatic rings. The molecular weight excluding hydrogens is 346 g/mol. The molecular formula is C19H17N5O3. The number of ether oxygens (including phenoxy) is 1. The second-order valence-electron chi connectivity index (χ2n) is 5.60. The first-order chi connectivity index (χ1) is 13.1. The van der Waals surface area contributed by atoms with Crippen molar-refractivity contribution in [1.29, 1.82) is 0 Å². The SMILES string of the molecule is COc1cc(N/N=C(\C)c2cccc([N+](=O)[O-])c2)nc(-c2ccccc2)n1. The molecule has 1 aromatic heterocycles. The summed E-state index contributed by atoms with van der Waals surface area (Å²) in [5.74, 6) is 1.35. The van der Waals surface area contributed by atoms with Gasteiger partial charge >= 0.3 is 0 Å². The maximum absolute atomic E-state index is 10.9. The maximum Gasteiger partial charge on any atom is 0.270 e. The molecule has 1 heterocycles. The van der Waals surface area contributed by atoms with Gasteiger partial charge in [0.1, 0.15) is 0 Å². The van der Waals surface area contributed by atoms with Gasteiger partial charge in [0.2, 0.25) is 5.88 Å². The van der Waals surface area contributed by atoms with E-state index in [1.54, 1.807) is 25.1 Å². The highest BCUT2D eigenvalue weighted by atomic mass is 16.6. The van der Waals surface area contributed by atoms with Crippen LogP contribution in [-0.2, 0) is 0 Å². The lowest BCUT2D eigenvalue weighted by atomic mass is 10.1. The van der Waals surface area contributed by atoms with E-state index in [1.165, 1.54) is 19.2 Å². The Balaban J connectivity index is 1.88. The fourth-order valence-corrected chi connectivity index (χ4v) is 2.35. The highest BCUT2D eigenvalue weighted by Gasteiger charge is 2.09. The third kappa shape index (κ3) is 4.43. The molecule has 0 saturated heterocycles. The zero-order chi connectivity index (χ0) is 19.2. The third-order valence-electron chi connectivity index (χ3n) is 3.76. The van der Waals surface area contributed by atoms with Gasteiger partial charge in [0.15, 0.2) is 11.6 Å². The lowest BCUT2D eigenvalue weighted by molar-refractivity contribution is -0.384. The van der Waals surface area contributed by atoms with E-state index >= 15 is 0 Å². The Bertz CT molecular complexity index is 990. The van der Waals surface area contributed by atoms with Crippen LogP contribution in [-0.4, -0.2) is 27.7 Å². The summed E-state index contributed by atoms with van der Waals surface area (Å²) in [5.41, 5.74) is 4.94. The molecule has 0 amide bonds. The van der Waals surface area contributed by atoms with Gasteiger partial charge in [-0.1, -0.05) is 42.5 Å². The molecule has 27 heavy (non-hydrogen) atoms. The number of aromatic nitrogens is 2. The molecule has 0 spiro atoms. The minimum atomic E-state index is -0.439. The molecule has 1 N–H and O–H groups in total. The molecule has 3 rings (SSSR count). The summed E-state index contributed by atoms with van der Waals surface area (Å²) in [5, 5.41) is 15.2. The lowest BCUT2D eigenvalue weighted by Crippen LogP contribution is -2.03. The van der Waals surface area contributed by atoms with E-state index in [2.05, 4.69) is 20.5 Å². The number of hydrogen-bond donors (Lipinski definition) is 1. The Morgan fingerprint density at radius 3 is 2.59 bits per heavy atom. The monoisotopic (exact) mass is 363 g/mol. The maximum atomic E-state index is 10.9. The molecule has 136 valence electrons. The van der Waals surface area contributed by atoms with Gasteiger partial charge in [-0.25, -0.2) is 4.98 Å². The number of anilines is 1. The van der Waals surface area contributed by atoms with Crippen molar-refractivity contribution in [2.75, 3.05) is 12.5 Å². The van der Waals surface area contributed by atoms with Crippen LogP contribution in [0.15, 0.2) is 65.8 Å². The van der Waals surface area contributed by atoms with Crippen LogP contribution in [0.25, 0.3) is 11.4 Å². The highest BCUT2D eigenvalue weighted by Crippen LogP contribution is 2.21. The molecule has 0 unspecified atom stereocenters. The third-order valence-corrected chi connectivity index (χ3v) is 3.76. The first-order valence-corrected chi connectivity index (χ1v) is 8.10. The van der Waals surface area contributed by atoms with E-state index in [-0.39, 0.29) is 5.69 Å². The molecule has 0 atom stereocenters. The van der Waals surface area contributed by atoms with Gasteiger partial charge in [-0.15, -0.1) is 0 Å². The van der Waals surface area contributed by atoms with E-state index in [9.17, 15) is 10.1 Å². The van der Waals surface area contributed by atoms with Crippen LogP contribution in [0.5, 0.6) is 5.88 Å². The van der Waals surface area contributed by atoms with E-state index in [1.807, 2.05) is 30.3 Å². The van der Waals surface area contributed by atoms with Gasteiger partial charge in [-0.05, 0) is 6.92 Å². The molecule has 0 bridgehead atoms. The van der Waals surface area contributed by atoms with Gasteiger partial charge in [-0.3, -0.25) is 15.5 Å². The average molecular weight is 363 g/mol. The van der Waals surface area contributed by atoms with E-state index in [0.717, 1.165) is 5.56 Å². The number of nitro groups is 1. The fourth-order valence-electron chi connectivity index (χ4n) is 2.35. The quantitative estimate of drug-likeness (QED) is 0.405. The van der Waals surface area contributed by atoms with Crippen LogP contribution >= 0.6 is 0 Å². The van der Waals surface area contributed by atoms with Gasteiger partial charge in [0, 0.05) is 29.3 Å². The van der Waals surface area contributed by atoms with E-state index in [4.69, 9.17) is 4.74 Å². The normalized spacial score (nSPS) is 11.1. The number of hydrogen-bond acceptors (Lipinski definition) is 7. The van der Waals surface area contributed by atoms with Crippen molar-refractivity contribution in [3.8, 4) is 17.3 Å². The van der Waals surface area contributed by atoms with Crippen LogP contribution < -0.4 is 10.2 Å². The minimum Gasteiger partial charge on any atom is -0.481 e. The molecule has 3 aromatic rings. The Kier molecular flexibility index (Phi) is 5.36. The second kappa shape index (κ2) is 8.05. The number of benzene rings is 2. The predicted octanol–water partition coefficient (Wildman–Crippen LogP) is 3.90. The van der Waals surface area contributed by atoms with Crippen molar-refractivity contribution in [1.82, 2.24) is 9.97 Å². The summed E-state index contributed by atoms with van der Waals surface area (Å²) in [6.45, 7) is 1.75. The van der Waals surface area contributed by atoms with Gasteiger partial charge < -0.3 is 4.74 Å². The first kappa shape index (κ1) is 18.0. The predicted molar refractivity (Wildman–Crippen MR) is 103 cm³/mol. The standard InChI is InChI=1S/C19H17N5O3/c1-13(15-9-6-10-16(11-15)24(25)26)22-23-17-12-18(27-2)21-19(20-17)14-7-4-3-5-8-14/h3-12H,1-2H3,(H,20,21,23)/b22-13+. The molecule has 0 aliphatic carbocycles. The number of nitro benzene ring substituents is 1. The summed E-state index contributed by atoms with van der Waals surface area (Å²) < 4.78 is 5.24. The molecule has 2 aromatic carbocycles. The van der Waals surface area contributed by atoms with Crippen molar-refractivity contribution in [2.45, 2.75) is 6.92 Å². The minimum absolute atomic E-state index is 0.0112. The lowest BCUT2D eigenvalue weighted by Gasteiger charge is -2.08. The van der Waals surface area contributed by atoms with Crippen LogP contribution in [0.2, 0.25) is 0 Å². The van der Waals surface area contributed by atoms with Gasteiger partial charge in [0.05, 0.1) is 17.7 Å². The summed E-state index contributed by atoms with van der Waals surface area (Å²) >= 11 is 0. The summed E-state index contributed by atoms with van der Waals surface area (Å²) in [6.07, 6.45) is 0. The highest BCUT2D eigenvalue weighted by molar-refractivity contribution is 5.99. The number of nitrogens with one attached hydrogen (secondary N) is 1. The van der Waals surface area contributed by atoms with Crippen molar-refractivity contribution in [2.24, 2.45) is 5.10 Å². The molecule has 8 heteroatoms. The molecule has 0 saturated carbocycles. The number of hydrazone groups is 1. The molecule has 0 radical (unpaired) electrons. The van der Waals surface area contributed by atoms with Gasteiger partial charge in [0.25, 0.3) is 5.69 Å². The molecule has 0 aliphatic heterocycles. The Morgan fingerprint density at radius 2 is 1.89 bits per heavy atom. The number of non-ortho nitro benzene ring substituents is 1. The Hall–Kier alpha value is -3.81. The van der Waals surface area contributed by atoms with E-state index in [0.29, 0.717) is 28.8 Å². The van der Waals surface area contributed by atoms with Crippen LogP contribution in [0.3, 0.4) is 0 Å². The van der Waals surface area contributed by atoms with Crippen molar-refractivity contribution in [3.05, 3.63) is 76.3 Å². The second-order valence-corrected chi connectivity index (χ2v) is 5.60. The topological polar surface area (TPSA) is 103 Å². The number of rotatable bonds is 6. The largest absolute Gasteiger partial charge is 0.481 e. The number of methoxy groups -OCH3 is 1. The summed E-state index contributed by atoms with van der Waals surface area (Å²) in [7, 11) is 1.53. The average Bonchev–Trinajstić information content (AvgIpc) is 2.72. The van der Waals surface area contributed by atoms with Crippen molar-refractivity contribution >= 4 is 17.2 Å². The Labute approximate surface area is 155 Å². The van der Waals surface area contributed by atoms with Crippen LogP contribution in [0.1, 0.15) is 12.5 Å². The fraction of sp³-hybridized carbons (Fsp3) is 0.105. The van der Waals surface area contributed by atoms with E-state index < -0.39 is 4.92 Å². The zero-order valence-corrected chi connectivity index (χ0v) is 14.8. The van der Waals surface area contributed by atoms with Gasteiger partial charge in [-0.2, -0.15) is 10.1 Å². The Morgan fingerprint density at radius 1 is 1.11 bits per heavy atom. The summed E-state index contributed by atoms with van der Waals surface area (Å²) in [6, 6.07) is 17.4. The molecule has 8 nitrogen and oxygen atoms in total. The molecule has 0 fully saturated rings. The van der Waals surface area contributed by atoms with Crippen LogP contribution in [0.4, 0.5) is 11.5 Å².